The van der Waals surface area contributed by atoms with Crippen molar-refractivity contribution in [3.63, 3.8) is 0 Å². The summed E-state index contributed by atoms with van der Waals surface area (Å²) in [5, 5.41) is 6.60. The lowest BCUT2D eigenvalue weighted by Crippen LogP contribution is -2.56. The van der Waals surface area contributed by atoms with Crippen molar-refractivity contribution in [2.45, 2.75) is 26.3 Å². The number of rotatable bonds is 5. The lowest BCUT2D eigenvalue weighted by atomic mass is 9.78. The summed E-state index contributed by atoms with van der Waals surface area (Å²) in [6.45, 7) is 8.72. The van der Waals surface area contributed by atoms with Crippen molar-refractivity contribution in [2.75, 3.05) is 53.0 Å². The number of carbonyl (C=O) groups is 1. The Morgan fingerprint density at radius 1 is 1.22 bits per heavy atom. The molecule has 1 N–H and O–H groups in total. The fraction of sp³-hybridized carbons (Fsp3) is 0.765. The highest BCUT2D eigenvalue weighted by Gasteiger charge is 2.42. The number of ether oxygens (including phenoxy) is 1. The van der Waals surface area contributed by atoms with Crippen LogP contribution in [0, 0.1) is 12.3 Å². The third-order valence-corrected chi connectivity index (χ3v) is 5.97. The van der Waals surface area contributed by atoms with Crippen LogP contribution in [0.4, 0.5) is 0 Å². The zero-order valence-corrected chi connectivity index (χ0v) is 19.2. The first-order valence-electron chi connectivity index (χ1n) is 8.75. The molecule has 1 aromatic heterocycles. The minimum absolute atomic E-state index is 0. The van der Waals surface area contributed by atoms with Gasteiger partial charge in [-0.05, 0) is 32.9 Å². The van der Waals surface area contributed by atoms with Gasteiger partial charge in [-0.2, -0.15) is 0 Å². The topological polar surface area (TPSA) is 57.7 Å². The van der Waals surface area contributed by atoms with Gasteiger partial charge in [0.1, 0.15) is 0 Å². The summed E-state index contributed by atoms with van der Waals surface area (Å²) in [5.41, 5.74) is 0.820. The van der Waals surface area contributed by atoms with Gasteiger partial charge in [0.15, 0.2) is 0 Å². The van der Waals surface area contributed by atoms with Gasteiger partial charge >= 0.3 is 0 Å². The summed E-state index contributed by atoms with van der Waals surface area (Å²) < 4.78 is 5.41. The molecule has 10 heteroatoms. The first kappa shape index (κ1) is 26.9. The largest absolute Gasteiger partial charge is 0.384 e. The van der Waals surface area contributed by atoms with E-state index < -0.39 is 0 Å². The van der Waals surface area contributed by atoms with E-state index in [1.165, 1.54) is 0 Å². The Hall–Kier alpha value is -0.150. The Bertz CT molecular complexity index is 557. The molecule has 1 aromatic rings. The summed E-state index contributed by atoms with van der Waals surface area (Å²) in [4.78, 5) is 22.1. The van der Waals surface area contributed by atoms with Crippen LogP contribution >= 0.6 is 48.6 Å². The molecule has 0 spiro atoms. The zero-order valence-electron chi connectivity index (χ0n) is 15.9. The predicted molar refractivity (Wildman–Crippen MR) is 117 cm³/mol. The molecule has 0 aliphatic carbocycles. The second-order valence-electron chi connectivity index (χ2n) is 6.89. The van der Waals surface area contributed by atoms with Crippen molar-refractivity contribution >= 4 is 54.5 Å². The monoisotopic (exact) mass is 460 g/mol. The summed E-state index contributed by atoms with van der Waals surface area (Å²) in [7, 11) is 1.70. The molecular formula is C17H31Cl3N4O2S. The number of halogens is 3. The van der Waals surface area contributed by atoms with Crippen LogP contribution in [0.25, 0.3) is 0 Å². The number of piperazine rings is 1. The van der Waals surface area contributed by atoms with Crippen LogP contribution in [0.1, 0.15) is 23.5 Å². The van der Waals surface area contributed by atoms with E-state index in [2.05, 4.69) is 20.6 Å². The molecule has 158 valence electrons. The highest BCUT2D eigenvalue weighted by molar-refractivity contribution is 7.09. The number of hydrogen-bond donors (Lipinski definition) is 1. The van der Waals surface area contributed by atoms with Crippen LogP contribution in [0.3, 0.4) is 0 Å². The van der Waals surface area contributed by atoms with Crippen molar-refractivity contribution in [3.8, 4) is 0 Å². The zero-order chi connectivity index (χ0) is 17.0. The Morgan fingerprint density at radius 3 is 2.37 bits per heavy atom. The number of nitrogens with one attached hydrogen (secondary N) is 1. The van der Waals surface area contributed by atoms with Crippen LogP contribution in [0.5, 0.6) is 0 Å². The molecular weight excluding hydrogens is 431 g/mol. The molecule has 27 heavy (non-hydrogen) atoms. The molecule has 2 aliphatic heterocycles. The number of aromatic nitrogens is 1. The second kappa shape index (κ2) is 12.4. The van der Waals surface area contributed by atoms with E-state index in [0.717, 1.165) is 69.4 Å². The van der Waals surface area contributed by atoms with E-state index in [9.17, 15) is 4.79 Å². The van der Waals surface area contributed by atoms with E-state index >= 15 is 0 Å². The van der Waals surface area contributed by atoms with Crippen LogP contribution in [-0.2, 0) is 16.1 Å². The van der Waals surface area contributed by atoms with Crippen LogP contribution in [0.15, 0.2) is 5.38 Å². The number of piperidine rings is 1. The van der Waals surface area contributed by atoms with Crippen LogP contribution in [0.2, 0.25) is 0 Å². The quantitative estimate of drug-likeness (QED) is 0.729. The molecule has 0 aromatic carbocycles. The fourth-order valence-electron chi connectivity index (χ4n) is 3.76. The summed E-state index contributed by atoms with van der Waals surface area (Å²) in [6.07, 6.45) is 1.75. The van der Waals surface area contributed by atoms with Gasteiger partial charge in [-0.25, -0.2) is 4.98 Å². The molecule has 0 unspecified atom stereocenters. The van der Waals surface area contributed by atoms with Gasteiger partial charge in [-0.15, -0.1) is 48.6 Å². The molecule has 0 atom stereocenters. The van der Waals surface area contributed by atoms with Crippen LogP contribution < -0.4 is 5.32 Å². The van der Waals surface area contributed by atoms with E-state index in [0.29, 0.717) is 6.61 Å². The van der Waals surface area contributed by atoms with Gasteiger partial charge < -0.3 is 15.0 Å². The lowest BCUT2D eigenvalue weighted by Gasteiger charge is -2.42. The van der Waals surface area contributed by atoms with E-state index in [-0.39, 0.29) is 48.5 Å². The molecule has 0 bridgehead atoms. The average molecular weight is 462 g/mol. The first-order valence-corrected chi connectivity index (χ1v) is 9.63. The van der Waals surface area contributed by atoms with Gasteiger partial charge in [0.25, 0.3) is 0 Å². The van der Waals surface area contributed by atoms with Crippen molar-refractivity contribution in [1.29, 1.82) is 0 Å². The Labute approximate surface area is 184 Å². The number of methoxy groups -OCH3 is 1. The summed E-state index contributed by atoms with van der Waals surface area (Å²) in [6, 6.07) is 0. The fourth-order valence-corrected chi connectivity index (χ4v) is 4.36. The number of carbonyl (C=O) groups excluding carboxylic acids is 1. The van der Waals surface area contributed by atoms with Crippen molar-refractivity contribution in [3.05, 3.63) is 16.1 Å². The molecule has 2 fully saturated rings. The minimum atomic E-state index is -0.325. The normalized spacial score (nSPS) is 19.4. The molecule has 2 saturated heterocycles. The lowest BCUT2D eigenvalue weighted by molar-refractivity contribution is -0.149. The van der Waals surface area contributed by atoms with Crippen molar-refractivity contribution in [2.24, 2.45) is 5.41 Å². The number of hydrogen-bond acceptors (Lipinski definition) is 6. The maximum absolute atomic E-state index is 13.1. The van der Waals surface area contributed by atoms with Gasteiger partial charge in [0.05, 0.1) is 22.7 Å². The number of nitrogens with zero attached hydrogens (tertiary/aromatic N) is 3. The van der Waals surface area contributed by atoms with Crippen molar-refractivity contribution < 1.29 is 9.53 Å². The van der Waals surface area contributed by atoms with Gasteiger partial charge in [-0.1, -0.05) is 0 Å². The van der Waals surface area contributed by atoms with Gasteiger partial charge in [-0.3, -0.25) is 9.69 Å². The maximum Gasteiger partial charge on any atom is 0.231 e. The minimum Gasteiger partial charge on any atom is -0.384 e. The molecule has 2 aliphatic rings. The molecule has 6 nitrogen and oxygen atoms in total. The number of aryl methyl sites for hydroxylation is 1. The predicted octanol–water partition coefficient (Wildman–Crippen LogP) is 2.38. The highest BCUT2D eigenvalue weighted by Crippen LogP contribution is 2.32. The van der Waals surface area contributed by atoms with E-state index in [4.69, 9.17) is 4.74 Å². The Balaban J connectivity index is 0.00000225. The first-order chi connectivity index (χ1) is 11.6. The maximum atomic E-state index is 13.1. The van der Waals surface area contributed by atoms with Gasteiger partial charge in [0.2, 0.25) is 5.91 Å². The Kier molecular flexibility index (Phi) is 12.4. The molecule has 0 radical (unpaired) electrons. The van der Waals surface area contributed by atoms with E-state index in [1.807, 2.05) is 11.8 Å². The molecule has 3 heterocycles. The van der Waals surface area contributed by atoms with Crippen LogP contribution in [-0.4, -0.2) is 73.7 Å². The summed E-state index contributed by atoms with van der Waals surface area (Å²) >= 11 is 1.70. The third kappa shape index (κ3) is 6.70. The van der Waals surface area contributed by atoms with Crippen molar-refractivity contribution in [1.82, 2.24) is 20.1 Å². The highest BCUT2D eigenvalue weighted by atomic mass is 35.5. The third-order valence-electron chi connectivity index (χ3n) is 5.15. The molecule has 0 saturated carbocycles. The summed E-state index contributed by atoms with van der Waals surface area (Å²) in [5.74, 6) is 0.287. The van der Waals surface area contributed by atoms with Gasteiger partial charge in [0, 0.05) is 45.2 Å². The second-order valence-corrected chi connectivity index (χ2v) is 7.95. The Morgan fingerprint density at radius 2 is 1.85 bits per heavy atom. The SMILES string of the molecule is COCC1(C(=O)N2CCN(Cc3csc(C)n3)CC2)CCNCC1.Cl.Cl.Cl. The average Bonchev–Trinajstić information content (AvgIpc) is 3.01. The number of amides is 1. The molecule has 1 amide bonds. The standard InChI is InChI=1S/C17H28N4O2S.3ClH/c1-14-19-15(12-24-14)11-20-7-9-21(10-8-20)16(22)17(13-23-2)3-5-18-6-4-17;;;/h12,18H,3-11,13H2,1-2H3;3*1H. The number of thiazole rings is 1. The van der Waals surface area contributed by atoms with E-state index in [1.54, 1.807) is 18.4 Å². The smallest absolute Gasteiger partial charge is 0.231 e. The molecule has 3 rings (SSSR count).